The van der Waals surface area contributed by atoms with Crippen molar-refractivity contribution in [3.8, 4) is 5.75 Å². The number of ether oxygens (including phenoxy) is 1. The van der Waals surface area contributed by atoms with Crippen molar-refractivity contribution in [1.29, 1.82) is 0 Å². The Morgan fingerprint density at radius 3 is 1.82 bits per heavy atom. The Labute approximate surface area is 226 Å². The van der Waals surface area contributed by atoms with Gasteiger partial charge in [0.2, 0.25) is 5.95 Å². The molecule has 0 saturated carbocycles. The molecule has 4 aromatic rings. The zero-order valence-electron chi connectivity index (χ0n) is 21.2. The fraction of sp³-hybridized carbons (Fsp3) is 0.154. The van der Waals surface area contributed by atoms with Crippen LogP contribution in [-0.4, -0.2) is 43.9 Å². The average molecular weight is 554 g/mol. The molecule has 40 heavy (non-hydrogen) atoms. The maximum absolute atomic E-state index is 13.4. The van der Waals surface area contributed by atoms with Crippen molar-refractivity contribution < 1.29 is 22.3 Å². The predicted molar refractivity (Wildman–Crippen MR) is 143 cm³/mol. The smallest absolute Gasteiger partial charge is 0.428 e. The Kier molecular flexibility index (Phi) is 8.79. The molecule has 0 atom stereocenters. The first-order chi connectivity index (χ1) is 19.2. The predicted octanol–water partition coefficient (Wildman–Crippen LogP) is 5.92. The van der Waals surface area contributed by atoms with Gasteiger partial charge < -0.3 is 10.1 Å². The molecule has 3 N–H and O–H groups in total. The number of aromatic nitrogens is 4. The lowest BCUT2D eigenvalue weighted by Crippen LogP contribution is -2.33. The molecule has 206 valence electrons. The summed E-state index contributed by atoms with van der Waals surface area (Å²) in [4.78, 5) is 16.7. The molecule has 14 heteroatoms. The lowest BCUT2D eigenvalue weighted by molar-refractivity contribution is -0.253. The summed E-state index contributed by atoms with van der Waals surface area (Å²) in [5, 5.41) is 11.5. The molecule has 4 rings (SSSR count). The monoisotopic (exact) mass is 553 g/mol. The molecule has 0 saturated heterocycles. The molecule has 0 unspecified atom stereocenters. The molecule has 0 bridgehead atoms. The molecular formula is C26H23F4N9O. The van der Waals surface area contributed by atoms with Gasteiger partial charge in [0.15, 0.2) is 11.6 Å². The zero-order chi connectivity index (χ0) is 28.5. The standard InChI is InChI=1S/C26H23F4N9O/c1-16(18-6-10-31-11-7-18)36-38-22-15-23(39-37-17(2)19-8-12-32-13-9-19)35-25(34-22)33-20-4-3-5-21(14-20)40-26(29,30)24(27)28/h3-15,24H,1-2H3,(H3,33,34,35,38,39). The molecule has 10 nitrogen and oxygen atoms in total. The van der Waals surface area contributed by atoms with Crippen LogP contribution in [-0.2, 0) is 0 Å². The second kappa shape index (κ2) is 12.6. The molecule has 0 radical (unpaired) electrons. The highest BCUT2D eigenvalue weighted by molar-refractivity contribution is 5.99. The van der Waals surface area contributed by atoms with E-state index in [0.717, 1.165) is 23.3 Å². The maximum Gasteiger partial charge on any atom is 0.461 e. The van der Waals surface area contributed by atoms with Gasteiger partial charge in [-0.1, -0.05) is 6.07 Å². The molecule has 3 heterocycles. The van der Waals surface area contributed by atoms with Crippen molar-refractivity contribution in [2.75, 3.05) is 16.2 Å². The third kappa shape index (κ3) is 7.69. The summed E-state index contributed by atoms with van der Waals surface area (Å²) >= 11 is 0. The van der Waals surface area contributed by atoms with Crippen LogP contribution in [0.3, 0.4) is 0 Å². The van der Waals surface area contributed by atoms with Crippen molar-refractivity contribution in [3.63, 3.8) is 0 Å². The van der Waals surface area contributed by atoms with E-state index >= 15 is 0 Å². The van der Waals surface area contributed by atoms with E-state index in [9.17, 15) is 17.6 Å². The molecule has 0 spiro atoms. The third-order valence-electron chi connectivity index (χ3n) is 5.20. The quantitative estimate of drug-likeness (QED) is 0.119. The van der Waals surface area contributed by atoms with E-state index in [1.54, 1.807) is 69.0 Å². The van der Waals surface area contributed by atoms with Crippen LogP contribution in [0.25, 0.3) is 0 Å². The summed E-state index contributed by atoms with van der Waals surface area (Å²) in [5.74, 6) is 0.0838. The van der Waals surface area contributed by atoms with Gasteiger partial charge in [-0.15, -0.1) is 0 Å². The van der Waals surface area contributed by atoms with Gasteiger partial charge in [-0.2, -0.15) is 37.7 Å². The zero-order valence-corrected chi connectivity index (χ0v) is 21.2. The van der Waals surface area contributed by atoms with Crippen LogP contribution in [0.2, 0.25) is 0 Å². The number of nitrogens with one attached hydrogen (secondary N) is 3. The number of anilines is 4. The lowest BCUT2D eigenvalue weighted by Gasteiger charge is -2.17. The van der Waals surface area contributed by atoms with E-state index in [-0.39, 0.29) is 23.3 Å². The summed E-state index contributed by atoms with van der Waals surface area (Å²) in [6.07, 6.45) is -2.08. The molecule has 3 aromatic heterocycles. The number of halogens is 4. The molecule has 0 amide bonds. The van der Waals surface area contributed by atoms with Gasteiger partial charge in [-0.05, 0) is 50.2 Å². The van der Waals surface area contributed by atoms with Crippen LogP contribution in [0.5, 0.6) is 5.75 Å². The van der Waals surface area contributed by atoms with E-state index in [0.29, 0.717) is 11.4 Å². The van der Waals surface area contributed by atoms with Crippen molar-refractivity contribution in [1.82, 2.24) is 19.9 Å². The highest BCUT2D eigenvalue weighted by Gasteiger charge is 2.44. The highest BCUT2D eigenvalue weighted by Crippen LogP contribution is 2.29. The number of hydrogen-bond donors (Lipinski definition) is 3. The number of hydrazone groups is 2. The number of benzene rings is 1. The SMILES string of the molecule is CC(=NNc1cc(NN=C(C)c2ccncc2)nc(Nc2cccc(OC(F)(F)C(F)F)c2)n1)c1ccncc1. The second-order valence-corrected chi connectivity index (χ2v) is 8.17. The summed E-state index contributed by atoms with van der Waals surface area (Å²) in [6.45, 7) is 3.59. The molecule has 0 fully saturated rings. The first-order valence-corrected chi connectivity index (χ1v) is 11.7. The van der Waals surface area contributed by atoms with Crippen LogP contribution < -0.4 is 20.9 Å². The van der Waals surface area contributed by atoms with Crippen molar-refractivity contribution in [3.05, 3.63) is 90.5 Å². The summed E-state index contributed by atoms with van der Waals surface area (Å²) in [5.41, 5.74) is 8.90. The van der Waals surface area contributed by atoms with Crippen LogP contribution >= 0.6 is 0 Å². The van der Waals surface area contributed by atoms with Gasteiger partial charge in [0, 0.05) is 53.7 Å². The topological polar surface area (TPSA) is 122 Å². The van der Waals surface area contributed by atoms with E-state index in [1.165, 1.54) is 12.1 Å². The average Bonchev–Trinajstić information content (AvgIpc) is 2.95. The number of nitrogens with zero attached hydrogens (tertiary/aromatic N) is 6. The van der Waals surface area contributed by atoms with Gasteiger partial charge >= 0.3 is 12.5 Å². The van der Waals surface area contributed by atoms with Crippen molar-refractivity contribution in [2.45, 2.75) is 26.4 Å². The molecule has 0 aliphatic rings. The van der Waals surface area contributed by atoms with Crippen LogP contribution in [0, 0.1) is 0 Å². The van der Waals surface area contributed by atoms with Gasteiger partial charge in [-0.25, -0.2) is 0 Å². The van der Waals surface area contributed by atoms with E-state index < -0.39 is 18.3 Å². The maximum atomic E-state index is 13.4. The summed E-state index contributed by atoms with van der Waals surface area (Å²) in [7, 11) is 0. The first kappa shape index (κ1) is 27.9. The minimum atomic E-state index is -4.65. The summed E-state index contributed by atoms with van der Waals surface area (Å²) < 4.78 is 56.0. The van der Waals surface area contributed by atoms with Gasteiger partial charge in [-0.3, -0.25) is 20.8 Å². The van der Waals surface area contributed by atoms with E-state index in [4.69, 9.17) is 0 Å². The van der Waals surface area contributed by atoms with Crippen LogP contribution in [0.4, 0.5) is 40.8 Å². The first-order valence-electron chi connectivity index (χ1n) is 11.7. The normalized spacial score (nSPS) is 12.3. The van der Waals surface area contributed by atoms with Crippen LogP contribution in [0.15, 0.2) is 89.6 Å². The lowest BCUT2D eigenvalue weighted by atomic mass is 10.2. The molecule has 0 aliphatic carbocycles. The van der Waals surface area contributed by atoms with E-state index in [2.05, 4.69) is 51.0 Å². The van der Waals surface area contributed by atoms with Crippen LogP contribution in [0.1, 0.15) is 25.0 Å². The Hall–Kier alpha value is -5.14. The Balaban J connectivity index is 1.60. The number of rotatable bonds is 11. The number of pyridine rings is 2. The third-order valence-corrected chi connectivity index (χ3v) is 5.20. The summed E-state index contributed by atoms with van der Waals surface area (Å²) in [6, 6.07) is 13.8. The molecule has 1 aromatic carbocycles. The number of alkyl halides is 4. The highest BCUT2D eigenvalue weighted by atomic mass is 19.3. The Morgan fingerprint density at radius 2 is 1.32 bits per heavy atom. The van der Waals surface area contributed by atoms with Crippen molar-refractivity contribution >= 4 is 34.7 Å². The molecular weight excluding hydrogens is 530 g/mol. The van der Waals surface area contributed by atoms with Gasteiger partial charge in [0.25, 0.3) is 0 Å². The van der Waals surface area contributed by atoms with E-state index in [1.807, 2.05) is 0 Å². The van der Waals surface area contributed by atoms with Gasteiger partial charge in [0.05, 0.1) is 11.4 Å². The van der Waals surface area contributed by atoms with Crippen molar-refractivity contribution in [2.24, 2.45) is 10.2 Å². The Bertz CT molecular complexity index is 1410. The Morgan fingerprint density at radius 1 is 0.800 bits per heavy atom. The fourth-order valence-corrected chi connectivity index (χ4v) is 3.18. The van der Waals surface area contributed by atoms with Gasteiger partial charge in [0.1, 0.15) is 5.75 Å². The fourth-order valence-electron chi connectivity index (χ4n) is 3.18. The largest absolute Gasteiger partial charge is 0.461 e. The minimum absolute atomic E-state index is 0.0267. The molecule has 0 aliphatic heterocycles. The second-order valence-electron chi connectivity index (χ2n) is 8.17. The number of hydrogen-bond acceptors (Lipinski definition) is 10. The minimum Gasteiger partial charge on any atom is -0.428 e.